The minimum Gasteiger partial charge on any atom is -0.481 e. The quantitative estimate of drug-likeness (QED) is 0.748. The van der Waals surface area contributed by atoms with E-state index in [1.54, 1.807) is 6.07 Å². The van der Waals surface area contributed by atoms with Gasteiger partial charge in [-0.3, -0.25) is 0 Å². The average Bonchev–Trinajstić information content (AvgIpc) is 2.15. The first-order valence-corrected chi connectivity index (χ1v) is 6.67. The van der Waals surface area contributed by atoms with Gasteiger partial charge in [-0.05, 0) is 0 Å². The highest BCUT2D eigenvalue weighted by Gasteiger charge is 2.14. The van der Waals surface area contributed by atoms with Gasteiger partial charge in [-0.2, -0.15) is 0 Å². The molecule has 90 valence electrons. The maximum atomic E-state index is 10.9. The SMILES string of the molecule is COc1cc(CC(O)CS(C)(=O)=O)ncn1. The summed E-state index contributed by atoms with van der Waals surface area (Å²) in [5.74, 6) is 0.107. The van der Waals surface area contributed by atoms with Crippen LogP contribution in [0, 0.1) is 0 Å². The number of rotatable bonds is 5. The van der Waals surface area contributed by atoms with Crippen molar-refractivity contribution in [2.45, 2.75) is 12.5 Å². The van der Waals surface area contributed by atoms with E-state index in [4.69, 9.17) is 4.74 Å². The van der Waals surface area contributed by atoms with Gasteiger partial charge in [0, 0.05) is 18.7 Å². The van der Waals surface area contributed by atoms with Gasteiger partial charge in [0.15, 0.2) is 0 Å². The molecule has 0 aliphatic carbocycles. The molecule has 1 N–H and O–H groups in total. The smallest absolute Gasteiger partial charge is 0.216 e. The first-order chi connectivity index (χ1) is 7.40. The second kappa shape index (κ2) is 5.22. The van der Waals surface area contributed by atoms with E-state index in [1.165, 1.54) is 13.4 Å². The number of aromatic nitrogens is 2. The van der Waals surface area contributed by atoms with E-state index in [2.05, 4.69) is 9.97 Å². The number of hydrogen-bond acceptors (Lipinski definition) is 6. The lowest BCUT2D eigenvalue weighted by Gasteiger charge is -2.08. The van der Waals surface area contributed by atoms with E-state index in [9.17, 15) is 13.5 Å². The average molecular weight is 246 g/mol. The Balaban J connectivity index is 2.65. The van der Waals surface area contributed by atoms with Crippen LogP contribution in [0.3, 0.4) is 0 Å². The number of ether oxygens (including phenoxy) is 1. The monoisotopic (exact) mass is 246 g/mol. The minimum atomic E-state index is -3.18. The first-order valence-electron chi connectivity index (χ1n) is 4.61. The highest BCUT2D eigenvalue weighted by atomic mass is 32.2. The zero-order chi connectivity index (χ0) is 12.2. The number of sulfone groups is 1. The molecule has 0 saturated carbocycles. The largest absolute Gasteiger partial charge is 0.481 e. The molecule has 0 bridgehead atoms. The zero-order valence-corrected chi connectivity index (χ0v) is 9.94. The van der Waals surface area contributed by atoms with E-state index in [0.717, 1.165) is 6.26 Å². The molecule has 1 unspecified atom stereocenters. The van der Waals surface area contributed by atoms with Crippen molar-refractivity contribution in [2.24, 2.45) is 0 Å². The van der Waals surface area contributed by atoms with Gasteiger partial charge in [0.1, 0.15) is 16.2 Å². The third kappa shape index (κ3) is 4.54. The molecule has 1 aromatic heterocycles. The van der Waals surface area contributed by atoms with Gasteiger partial charge in [0.25, 0.3) is 0 Å². The summed E-state index contributed by atoms with van der Waals surface area (Å²) in [7, 11) is -1.71. The number of nitrogens with zero attached hydrogens (tertiary/aromatic N) is 2. The van der Waals surface area contributed by atoms with Crippen LogP contribution in [-0.2, 0) is 16.3 Å². The van der Waals surface area contributed by atoms with Crippen LogP contribution in [0.4, 0.5) is 0 Å². The Kier molecular flexibility index (Phi) is 4.19. The number of hydrogen-bond donors (Lipinski definition) is 1. The summed E-state index contributed by atoms with van der Waals surface area (Å²) in [4.78, 5) is 7.72. The summed E-state index contributed by atoms with van der Waals surface area (Å²) in [5, 5.41) is 9.52. The van der Waals surface area contributed by atoms with Gasteiger partial charge >= 0.3 is 0 Å². The van der Waals surface area contributed by atoms with Gasteiger partial charge in [-0.1, -0.05) is 0 Å². The minimum absolute atomic E-state index is 0.159. The summed E-state index contributed by atoms with van der Waals surface area (Å²) in [6.45, 7) is 0. The van der Waals surface area contributed by atoms with Gasteiger partial charge in [0.2, 0.25) is 5.88 Å². The Hall–Kier alpha value is -1.21. The van der Waals surface area contributed by atoms with Crippen LogP contribution in [0.25, 0.3) is 0 Å². The lowest BCUT2D eigenvalue weighted by atomic mass is 10.2. The van der Waals surface area contributed by atoms with Crippen molar-refractivity contribution in [1.82, 2.24) is 9.97 Å². The number of aliphatic hydroxyl groups excluding tert-OH is 1. The van der Waals surface area contributed by atoms with Gasteiger partial charge < -0.3 is 9.84 Å². The molecule has 1 heterocycles. The Morgan fingerprint density at radius 1 is 1.50 bits per heavy atom. The standard InChI is InChI=1S/C9H14N2O4S/c1-15-9-4-7(10-6-11-9)3-8(12)5-16(2,13)14/h4,6,8,12H,3,5H2,1-2H3. The van der Waals surface area contributed by atoms with Gasteiger partial charge in [-0.25, -0.2) is 18.4 Å². The van der Waals surface area contributed by atoms with E-state index >= 15 is 0 Å². The molecule has 0 aromatic carbocycles. The highest BCUT2D eigenvalue weighted by molar-refractivity contribution is 7.90. The molecule has 1 rings (SSSR count). The molecular weight excluding hydrogens is 232 g/mol. The summed E-state index contributed by atoms with van der Waals surface area (Å²) < 4.78 is 26.8. The van der Waals surface area contributed by atoms with E-state index in [0.29, 0.717) is 11.6 Å². The van der Waals surface area contributed by atoms with Gasteiger partial charge in [0.05, 0.1) is 24.7 Å². The van der Waals surface area contributed by atoms with Crippen molar-refractivity contribution < 1.29 is 18.3 Å². The fourth-order valence-corrected chi connectivity index (χ4v) is 2.07. The first kappa shape index (κ1) is 12.9. The third-order valence-electron chi connectivity index (χ3n) is 1.85. The van der Waals surface area contributed by atoms with Crippen molar-refractivity contribution in [3.63, 3.8) is 0 Å². The molecule has 6 nitrogen and oxygen atoms in total. The topological polar surface area (TPSA) is 89.4 Å². The van der Waals surface area contributed by atoms with Crippen LogP contribution < -0.4 is 4.74 Å². The van der Waals surface area contributed by atoms with Crippen LogP contribution >= 0.6 is 0 Å². The van der Waals surface area contributed by atoms with E-state index in [1.807, 2.05) is 0 Å². The maximum Gasteiger partial charge on any atom is 0.216 e. The van der Waals surface area contributed by atoms with Crippen molar-refractivity contribution in [3.8, 4) is 5.88 Å². The Labute approximate surface area is 94.2 Å². The van der Waals surface area contributed by atoms with Crippen LogP contribution in [0.15, 0.2) is 12.4 Å². The highest BCUT2D eigenvalue weighted by Crippen LogP contribution is 2.08. The van der Waals surface area contributed by atoms with Crippen molar-refractivity contribution in [2.75, 3.05) is 19.1 Å². The molecule has 1 aromatic rings. The predicted molar refractivity (Wildman–Crippen MR) is 58.0 cm³/mol. The molecule has 0 radical (unpaired) electrons. The van der Waals surface area contributed by atoms with Crippen LogP contribution in [0.5, 0.6) is 5.88 Å². The zero-order valence-electron chi connectivity index (χ0n) is 9.12. The molecule has 0 saturated heterocycles. The fraction of sp³-hybridized carbons (Fsp3) is 0.556. The van der Waals surface area contributed by atoms with E-state index in [-0.39, 0.29) is 12.2 Å². The number of aliphatic hydroxyl groups is 1. The van der Waals surface area contributed by atoms with Crippen LogP contribution in [0.1, 0.15) is 5.69 Å². The molecule has 0 spiro atoms. The lowest BCUT2D eigenvalue weighted by molar-refractivity contribution is 0.196. The summed E-state index contributed by atoms with van der Waals surface area (Å²) >= 11 is 0. The molecule has 0 fully saturated rings. The van der Waals surface area contributed by atoms with Crippen molar-refractivity contribution >= 4 is 9.84 Å². The molecule has 0 aliphatic heterocycles. The molecule has 1 atom stereocenters. The molecule has 0 amide bonds. The Morgan fingerprint density at radius 2 is 2.19 bits per heavy atom. The fourth-order valence-electron chi connectivity index (χ4n) is 1.25. The van der Waals surface area contributed by atoms with Crippen LogP contribution in [0.2, 0.25) is 0 Å². The summed E-state index contributed by atoms with van der Waals surface area (Å²) in [6.07, 6.45) is 1.58. The van der Waals surface area contributed by atoms with Crippen LogP contribution in [-0.4, -0.2) is 48.7 Å². The van der Waals surface area contributed by atoms with E-state index < -0.39 is 15.9 Å². The molecule has 0 aliphatic rings. The summed E-state index contributed by atoms with van der Waals surface area (Å²) in [6, 6.07) is 1.56. The van der Waals surface area contributed by atoms with Crippen molar-refractivity contribution in [3.05, 3.63) is 18.1 Å². The second-order valence-electron chi connectivity index (χ2n) is 3.50. The predicted octanol–water partition coefficient (Wildman–Crippen LogP) is -0.567. The third-order valence-corrected chi connectivity index (χ3v) is 2.84. The molecule has 7 heteroatoms. The summed E-state index contributed by atoms with van der Waals surface area (Å²) in [5.41, 5.74) is 0.544. The lowest BCUT2D eigenvalue weighted by Crippen LogP contribution is -2.22. The number of methoxy groups -OCH3 is 1. The normalized spacial score (nSPS) is 13.4. The Bertz CT molecular complexity index is 447. The van der Waals surface area contributed by atoms with Gasteiger partial charge in [-0.15, -0.1) is 0 Å². The van der Waals surface area contributed by atoms with Crippen molar-refractivity contribution in [1.29, 1.82) is 0 Å². The Morgan fingerprint density at radius 3 is 2.75 bits per heavy atom. The maximum absolute atomic E-state index is 10.9. The molecule has 16 heavy (non-hydrogen) atoms. The second-order valence-corrected chi connectivity index (χ2v) is 5.69. The molecular formula is C9H14N2O4S.